The summed E-state index contributed by atoms with van der Waals surface area (Å²) in [6.07, 6.45) is 0. The summed E-state index contributed by atoms with van der Waals surface area (Å²) in [5.74, 6) is 0.929. The van der Waals surface area contributed by atoms with Crippen LogP contribution in [0.15, 0.2) is 45.8 Å². The lowest BCUT2D eigenvalue weighted by Crippen LogP contribution is -2.03. The summed E-state index contributed by atoms with van der Waals surface area (Å²) in [4.78, 5) is 2.27. The summed E-state index contributed by atoms with van der Waals surface area (Å²) in [6, 6.07) is 10.2. The standard InChI is InChI=1S/C12H9NOS2/c14-13-11-9-4-2-1-3-8(9)7-16-10-5-6-15-12(10)11/h1-6,14H,7H2/b13-11+. The molecule has 4 heteroatoms. The van der Waals surface area contributed by atoms with Crippen LogP contribution in [0.2, 0.25) is 0 Å². The van der Waals surface area contributed by atoms with Gasteiger partial charge in [-0.3, -0.25) is 0 Å². The van der Waals surface area contributed by atoms with E-state index in [4.69, 9.17) is 0 Å². The molecule has 1 aliphatic heterocycles. The first-order chi connectivity index (χ1) is 7.90. The Labute approximate surface area is 102 Å². The Morgan fingerprint density at radius 3 is 2.94 bits per heavy atom. The molecule has 2 heterocycles. The lowest BCUT2D eigenvalue weighted by molar-refractivity contribution is 0.319. The highest BCUT2D eigenvalue weighted by Gasteiger charge is 2.20. The molecule has 1 aliphatic rings. The average molecular weight is 247 g/mol. The molecule has 0 saturated carbocycles. The van der Waals surface area contributed by atoms with E-state index in [0.29, 0.717) is 5.71 Å². The maximum Gasteiger partial charge on any atom is 0.128 e. The van der Waals surface area contributed by atoms with E-state index in [1.54, 1.807) is 23.1 Å². The summed E-state index contributed by atoms with van der Waals surface area (Å²) in [5, 5.41) is 14.7. The zero-order valence-corrected chi connectivity index (χ0v) is 10.0. The summed E-state index contributed by atoms with van der Waals surface area (Å²) in [7, 11) is 0. The number of benzene rings is 1. The van der Waals surface area contributed by atoms with Crippen LogP contribution in [0.5, 0.6) is 0 Å². The van der Waals surface area contributed by atoms with E-state index < -0.39 is 0 Å². The van der Waals surface area contributed by atoms with Crippen LogP contribution >= 0.6 is 23.1 Å². The minimum atomic E-state index is 0.700. The van der Waals surface area contributed by atoms with Gasteiger partial charge in [0, 0.05) is 16.2 Å². The van der Waals surface area contributed by atoms with E-state index in [1.165, 1.54) is 10.5 Å². The van der Waals surface area contributed by atoms with Crippen molar-refractivity contribution >= 4 is 28.8 Å². The first kappa shape index (κ1) is 9.93. The lowest BCUT2D eigenvalue weighted by atomic mass is 10.0. The smallest absolute Gasteiger partial charge is 0.128 e. The number of hydrogen-bond acceptors (Lipinski definition) is 4. The van der Waals surface area contributed by atoms with Gasteiger partial charge in [-0.1, -0.05) is 29.4 Å². The topological polar surface area (TPSA) is 32.6 Å². The molecule has 0 amide bonds. The van der Waals surface area contributed by atoms with Gasteiger partial charge in [-0.15, -0.1) is 23.1 Å². The van der Waals surface area contributed by atoms with Crippen molar-refractivity contribution in [3.8, 4) is 0 Å². The Bertz CT molecular complexity index is 560. The normalized spacial score (nSPS) is 16.6. The van der Waals surface area contributed by atoms with Crippen molar-refractivity contribution in [3.63, 3.8) is 0 Å². The van der Waals surface area contributed by atoms with E-state index >= 15 is 0 Å². The third kappa shape index (κ3) is 1.45. The Hall–Kier alpha value is -1.26. The summed E-state index contributed by atoms with van der Waals surface area (Å²) >= 11 is 3.42. The van der Waals surface area contributed by atoms with Gasteiger partial charge in [-0.2, -0.15) is 0 Å². The number of thioether (sulfide) groups is 1. The quantitative estimate of drug-likeness (QED) is 0.570. The molecule has 2 nitrogen and oxygen atoms in total. The minimum Gasteiger partial charge on any atom is -0.410 e. The molecule has 0 spiro atoms. The van der Waals surface area contributed by atoms with Crippen molar-refractivity contribution in [2.45, 2.75) is 10.6 Å². The maximum atomic E-state index is 9.21. The van der Waals surface area contributed by atoms with Crippen LogP contribution in [-0.2, 0) is 5.75 Å². The molecule has 2 aromatic rings. The van der Waals surface area contributed by atoms with Gasteiger partial charge in [-0.05, 0) is 17.0 Å². The van der Waals surface area contributed by atoms with E-state index in [-0.39, 0.29) is 0 Å². The zero-order valence-electron chi connectivity index (χ0n) is 8.38. The average Bonchev–Trinajstić information content (AvgIpc) is 2.72. The van der Waals surface area contributed by atoms with Crippen LogP contribution in [-0.4, -0.2) is 10.9 Å². The third-order valence-corrected chi connectivity index (χ3v) is 4.76. The molecule has 1 N–H and O–H groups in total. The number of fused-ring (bicyclic) bond motifs is 2. The van der Waals surface area contributed by atoms with Gasteiger partial charge in [0.25, 0.3) is 0 Å². The fourth-order valence-electron chi connectivity index (χ4n) is 1.84. The molecule has 0 saturated heterocycles. The Balaban J connectivity index is 2.26. The number of nitrogens with zero attached hydrogens (tertiary/aromatic N) is 1. The number of oxime groups is 1. The van der Waals surface area contributed by atoms with E-state index in [0.717, 1.165) is 16.2 Å². The molecule has 80 valence electrons. The van der Waals surface area contributed by atoms with Crippen molar-refractivity contribution in [1.29, 1.82) is 0 Å². The second kappa shape index (κ2) is 3.96. The van der Waals surface area contributed by atoms with Crippen molar-refractivity contribution < 1.29 is 5.21 Å². The molecule has 16 heavy (non-hydrogen) atoms. The number of hydrogen-bond donors (Lipinski definition) is 1. The van der Waals surface area contributed by atoms with Crippen LogP contribution < -0.4 is 0 Å². The molecule has 3 rings (SSSR count). The minimum absolute atomic E-state index is 0.700. The fourth-order valence-corrected chi connectivity index (χ4v) is 3.99. The van der Waals surface area contributed by atoms with Crippen molar-refractivity contribution in [1.82, 2.24) is 0 Å². The van der Waals surface area contributed by atoms with Crippen molar-refractivity contribution in [2.75, 3.05) is 0 Å². The predicted octanol–water partition coefficient (Wildman–Crippen LogP) is 3.58. The molecule has 0 aliphatic carbocycles. The summed E-state index contributed by atoms with van der Waals surface area (Å²) in [6.45, 7) is 0. The second-order valence-electron chi connectivity index (χ2n) is 3.51. The van der Waals surface area contributed by atoms with E-state index in [9.17, 15) is 5.21 Å². The first-order valence-electron chi connectivity index (χ1n) is 4.91. The molecule has 1 aromatic carbocycles. The van der Waals surface area contributed by atoms with Gasteiger partial charge in [-0.25, -0.2) is 0 Å². The van der Waals surface area contributed by atoms with Gasteiger partial charge in [0.1, 0.15) is 5.71 Å². The van der Waals surface area contributed by atoms with Gasteiger partial charge in [0.2, 0.25) is 0 Å². The molecule has 0 atom stereocenters. The second-order valence-corrected chi connectivity index (χ2v) is 5.44. The van der Waals surface area contributed by atoms with Gasteiger partial charge in [0.05, 0.1) is 4.88 Å². The van der Waals surface area contributed by atoms with Gasteiger partial charge < -0.3 is 5.21 Å². The number of thiophene rings is 1. The summed E-state index contributed by atoms with van der Waals surface area (Å²) < 4.78 is 0. The monoisotopic (exact) mass is 247 g/mol. The van der Waals surface area contributed by atoms with Crippen molar-refractivity contribution in [2.24, 2.45) is 5.16 Å². The predicted molar refractivity (Wildman–Crippen MR) is 67.7 cm³/mol. The van der Waals surface area contributed by atoms with Crippen molar-refractivity contribution in [3.05, 3.63) is 51.7 Å². The highest BCUT2D eigenvalue weighted by molar-refractivity contribution is 7.98. The highest BCUT2D eigenvalue weighted by atomic mass is 32.2. The molecule has 0 radical (unpaired) electrons. The van der Waals surface area contributed by atoms with Crippen LogP contribution in [0.4, 0.5) is 0 Å². The number of rotatable bonds is 0. The molecular formula is C12H9NOS2. The Morgan fingerprint density at radius 2 is 2.06 bits per heavy atom. The highest BCUT2D eigenvalue weighted by Crippen LogP contribution is 2.36. The van der Waals surface area contributed by atoms with Crippen LogP contribution in [0.25, 0.3) is 0 Å². The summed E-state index contributed by atoms with van der Waals surface area (Å²) in [5.41, 5.74) is 2.97. The molecule has 0 unspecified atom stereocenters. The van der Waals surface area contributed by atoms with Gasteiger partial charge in [0.15, 0.2) is 0 Å². The first-order valence-corrected chi connectivity index (χ1v) is 6.77. The molecule has 1 aromatic heterocycles. The Kier molecular flexibility index (Phi) is 2.46. The fraction of sp³-hybridized carbons (Fsp3) is 0.0833. The maximum absolute atomic E-state index is 9.21. The lowest BCUT2D eigenvalue weighted by Gasteiger charge is -2.04. The Morgan fingerprint density at radius 1 is 1.19 bits per heavy atom. The van der Waals surface area contributed by atoms with E-state index in [2.05, 4.69) is 17.3 Å². The van der Waals surface area contributed by atoms with Crippen LogP contribution in [0, 0.1) is 0 Å². The van der Waals surface area contributed by atoms with Crippen LogP contribution in [0.1, 0.15) is 16.0 Å². The third-order valence-electron chi connectivity index (χ3n) is 2.60. The largest absolute Gasteiger partial charge is 0.410 e. The van der Waals surface area contributed by atoms with Gasteiger partial charge >= 0.3 is 0 Å². The molecule has 0 bridgehead atoms. The molecular weight excluding hydrogens is 238 g/mol. The van der Waals surface area contributed by atoms with E-state index in [1.807, 2.05) is 23.6 Å². The van der Waals surface area contributed by atoms with Crippen LogP contribution in [0.3, 0.4) is 0 Å². The molecule has 0 fully saturated rings. The SMILES string of the molecule is O/N=C1\c2ccccc2CSc2ccsc21. The zero-order chi connectivity index (χ0) is 11.0.